The zero-order valence-corrected chi connectivity index (χ0v) is 17.4. The summed E-state index contributed by atoms with van der Waals surface area (Å²) in [7, 11) is 0. The fraction of sp³-hybridized carbons (Fsp3) is 0.500. The van der Waals surface area contributed by atoms with Crippen LogP contribution in [0.2, 0.25) is 0 Å². The van der Waals surface area contributed by atoms with E-state index >= 15 is 0 Å². The van der Waals surface area contributed by atoms with E-state index in [9.17, 15) is 8.78 Å². The van der Waals surface area contributed by atoms with E-state index in [0.29, 0.717) is 19.9 Å². The molecule has 2 heterocycles. The van der Waals surface area contributed by atoms with Crippen molar-refractivity contribution in [2.45, 2.75) is 38.8 Å². The molecule has 164 valence electrons. The SMILES string of the molecule is CCOCNC(C)c1ccc(OC2CCN(c3ccnc(OCC(F)F)c3)C2)cc1. The standard InChI is InChI=1S/C22H29F2N3O3/c1-3-28-15-26-16(2)17-4-6-19(7-5-17)30-20-9-11-27(13-20)18-8-10-25-22(12-18)29-14-21(23)24/h4-8,10,12,16,20-21,26H,3,9,11,13-15H2,1-2H3. The van der Waals surface area contributed by atoms with Crippen molar-refractivity contribution in [3.8, 4) is 11.6 Å². The third-order valence-corrected chi connectivity index (χ3v) is 4.96. The highest BCUT2D eigenvalue weighted by Crippen LogP contribution is 2.26. The summed E-state index contributed by atoms with van der Waals surface area (Å²) >= 11 is 0. The molecule has 1 aliphatic heterocycles. The molecule has 0 spiro atoms. The number of alkyl halides is 2. The number of pyridine rings is 1. The van der Waals surface area contributed by atoms with Gasteiger partial charge in [-0.2, -0.15) is 0 Å². The number of halogens is 2. The predicted octanol–water partition coefficient (Wildman–Crippen LogP) is 4.03. The molecule has 0 radical (unpaired) electrons. The molecule has 0 aliphatic carbocycles. The number of hydrogen-bond acceptors (Lipinski definition) is 6. The zero-order valence-electron chi connectivity index (χ0n) is 17.4. The van der Waals surface area contributed by atoms with Gasteiger partial charge in [0.25, 0.3) is 6.43 Å². The van der Waals surface area contributed by atoms with E-state index in [1.165, 1.54) is 5.56 Å². The van der Waals surface area contributed by atoms with Crippen LogP contribution in [0.5, 0.6) is 11.6 Å². The van der Waals surface area contributed by atoms with Gasteiger partial charge in [0, 0.05) is 43.6 Å². The first-order valence-electron chi connectivity index (χ1n) is 10.2. The van der Waals surface area contributed by atoms with Gasteiger partial charge >= 0.3 is 0 Å². The Labute approximate surface area is 176 Å². The zero-order chi connectivity index (χ0) is 21.3. The van der Waals surface area contributed by atoms with E-state index in [1.807, 2.05) is 25.1 Å². The fourth-order valence-corrected chi connectivity index (χ4v) is 3.31. The Kier molecular flexibility index (Phi) is 8.21. The van der Waals surface area contributed by atoms with Gasteiger partial charge in [0.1, 0.15) is 11.9 Å². The molecule has 1 fully saturated rings. The summed E-state index contributed by atoms with van der Waals surface area (Å²) in [5.74, 6) is 1.04. The van der Waals surface area contributed by atoms with Gasteiger partial charge in [-0.1, -0.05) is 12.1 Å². The molecular formula is C22H29F2N3O3. The quantitative estimate of drug-likeness (QED) is 0.437. The number of anilines is 1. The Balaban J connectivity index is 1.50. The highest BCUT2D eigenvalue weighted by Gasteiger charge is 2.25. The number of aromatic nitrogens is 1. The van der Waals surface area contributed by atoms with E-state index in [4.69, 9.17) is 14.2 Å². The molecule has 6 nitrogen and oxygen atoms in total. The highest BCUT2D eigenvalue weighted by molar-refractivity contribution is 5.49. The number of rotatable bonds is 11. The Morgan fingerprint density at radius 2 is 2.03 bits per heavy atom. The first-order valence-corrected chi connectivity index (χ1v) is 10.2. The molecule has 1 aromatic heterocycles. The average Bonchev–Trinajstić information content (AvgIpc) is 3.21. The third-order valence-electron chi connectivity index (χ3n) is 4.96. The van der Waals surface area contributed by atoms with Crippen LogP contribution in [0.25, 0.3) is 0 Å². The van der Waals surface area contributed by atoms with Crippen molar-refractivity contribution in [2.75, 3.05) is 37.9 Å². The number of benzene rings is 1. The van der Waals surface area contributed by atoms with Crippen LogP contribution in [0, 0.1) is 0 Å². The van der Waals surface area contributed by atoms with Crippen LogP contribution < -0.4 is 19.7 Å². The molecule has 0 bridgehead atoms. The second-order valence-corrected chi connectivity index (χ2v) is 7.16. The summed E-state index contributed by atoms with van der Waals surface area (Å²) in [6.45, 7) is 6.16. The van der Waals surface area contributed by atoms with E-state index in [1.54, 1.807) is 12.3 Å². The second kappa shape index (κ2) is 11.1. The minimum Gasteiger partial charge on any atom is -0.489 e. The van der Waals surface area contributed by atoms with Crippen molar-refractivity contribution in [3.63, 3.8) is 0 Å². The van der Waals surface area contributed by atoms with Gasteiger partial charge in [0.15, 0.2) is 6.61 Å². The van der Waals surface area contributed by atoms with Crippen molar-refractivity contribution in [2.24, 2.45) is 0 Å². The van der Waals surface area contributed by atoms with E-state index in [2.05, 4.69) is 34.3 Å². The predicted molar refractivity (Wildman–Crippen MR) is 111 cm³/mol. The lowest BCUT2D eigenvalue weighted by Crippen LogP contribution is -2.24. The van der Waals surface area contributed by atoms with Gasteiger partial charge in [-0.15, -0.1) is 0 Å². The smallest absolute Gasteiger partial charge is 0.272 e. The summed E-state index contributed by atoms with van der Waals surface area (Å²) in [5, 5.41) is 3.31. The number of hydrogen-bond donors (Lipinski definition) is 1. The summed E-state index contributed by atoms with van der Waals surface area (Å²) in [6, 6.07) is 11.8. The van der Waals surface area contributed by atoms with Crippen molar-refractivity contribution >= 4 is 5.69 Å². The maximum atomic E-state index is 12.3. The van der Waals surface area contributed by atoms with E-state index < -0.39 is 13.0 Å². The van der Waals surface area contributed by atoms with Crippen LogP contribution in [-0.4, -0.2) is 50.5 Å². The Morgan fingerprint density at radius 3 is 2.77 bits per heavy atom. The first-order chi connectivity index (χ1) is 14.5. The molecule has 1 aromatic carbocycles. The van der Waals surface area contributed by atoms with Gasteiger partial charge in [0.05, 0.1) is 13.3 Å². The minimum absolute atomic E-state index is 0.0583. The van der Waals surface area contributed by atoms with Crippen LogP contribution in [0.3, 0.4) is 0 Å². The molecule has 0 amide bonds. The molecule has 1 saturated heterocycles. The van der Waals surface area contributed by atoms with Crippen LogP contribution in [0.1, 0.15) is 31.9 Å². The minimum atomic E-state index is -2.52. The van der Waals surface area contributed by atoms with Gasteiger partial charge in [-0.3, -0.25) is 5.32 Å². The summed E-state index contributed by atoms with van der Waals surface area (Å²) in [4.78, 5) is 6.14. The molecule has 2 unspecified atom stereocenters. The number of nitrogens with one attached hydrogen (secondary N) is 1. The maximum Gasteiger partial charge on any atom is 0.272 e. The van der Waals surface area contributed by atoms with Crippen LogP contribution in [0.4, 0.5) is 14.5 Å². The molecule has 1 aliphatic rings. The van der Waals surface area contributed by atoms with Gasteiger partial charge in [-0.05, 0) is 37.6 Å². The maximum absolute atomic E-state index is 12.3. The summed E-state index contributed by atoms with van der Waals surface area (Å²) in [6.07, 6.45) is -0.00857. The van der Waals surface area contributed by atoms with Gasteiger partial charge < -0.3 is 19.1 Å². The molecule has 1 N–H and O–H groups in total. The normalized spacial score (nSPS) is 17.4. The first kappa shape index (κ1) is 22.2. The lowest BCUT2D eigenvalue weighted by molar-refractivity contribution is 0.0796. The second-order valence-electron chi connectivity index (χ2n) is 7.16. The third kappa shape index (κ3) is 6.53. The van der Waals surface area contributed by atoms with Crippen molar-refractivity contribution in [1.29, 1.82) is 0 Å². The molecule has 8 heteroatoms. The molecular weight excluding hydrogens is 392 g/mol. The lowest BCUT2D eigenvalue weighted by atomic mass is 10.1. The van der Waals surface area contributed by atoms with Crippen molar-refractivity contribution in [1.82, 2.24) is 10.3 Å². The lowest BCUT2D eigenvalue weighted by Gasteiger charge is -2.20. The topological polar surface area (TPSA) is 55.8 Å². The molecule has 2 atom stereocenters. The molecule has 3 rings (SSSR count). The number of ether oxygens (including phenoxy) is 3. The molecule has 0 saturated carbocycles. The van der Waals surface area contributed by atoms with E-state index in [0.717, 1.165) is 24.4 Å². The summed E-state index contributed by atoms with van der Waals surface area (Å²) < 4.78 is 41.1. The van der Waals surface area contributed by atoms with E-state index in [-0.39, 0.29) is 18.0 Å². The molecule has 2 aromatic rings. The van der Waals surface area contributed by atoms with Crippen molar-refractivity contribution < 1.29 is 23.0 Å². The largest absolute Gasteiger partial charge is 0.489 e. The fourth-order valence-electron chi connectivity index (χ4n) is 3.31. The highest BCUT2D eigenvalue weighted by atomic mass is 19.3. The monoisotopic (exact) mass is 421 g/mol. The Hall–Kier alpha value is -2.45. The Bertz CT molecular complexity index is 776. The van der Waals surface area contributed by atoms with Gasteiger partial charge in [-0.25, -0.2) is 13.8 Å². The average molecular weight is 421 g/mol. The van der Waals surface area contributed by atoms with Crippen LogP contribution >= 0.6 is 0 Å². The summed E-state index contributed by atoms with van der Waals surface area (Å²) in [5.41, 5.74) is 2.06. The van der Waals surface area contributed by atoms with Gasteiger partial charge in [0.2, 0.25) is 5.88 Å². The van der Waals surface area contributed by atoms with Crippen LogP contribution in [0.15, 0.2) is 42.6 Å². The Morgan fingerprint density at radius 1 is 1.23 bits per heavy atom. The molecule has 30 heavy (non-hydrogen) atoms. The number of nitrogens with zero attached hydrogens (tertiary/aromatic N) is 2. The van der Waals surface area contributed by atoms with Crippen molar-refractivity contribution in [3.05, 3.63) is 48.2 Å². The van der Waals surface area contributed by atoms with Crippen LogP contribution in [-0.2, 0) is 4.74 Å².